The molecule has 5 heteroatoms. The van der Waals surface area contributed by atoms with Crippen molar-refractivity contribution in [2.75, 3.05) is 6.61 Å². The molecule has 0 spiro atoms. The number of carbonyl (C=O) groups excluding carboxylic acids is 1. The van der Waals surface area contributed by atoms with E-state index in [-0.39, 0.29) is 6.10 Å². The van der Waals surface area contributed by atoms with Gasteiger partial charge in [0.1, 0.15) is 6.10 Å². The molecule has 0 rings (SSSR count). The van der Waals surface area contributed by atoms with E-state index < -0.39 is 12.1 Å². The molecule has 0 aliphatic heterocycles. The van der Waals surface area contributed by atoms with Crippen LogP contribution in [0.3, 0.4) is 0 Å². The van der Waals surface area contributed by atoms with Gasteiger partial charge in [0, 0.05) is 6.08 Å². The van der Waals surface area contributed by atoms with Gasteiger partial charge in [-0.25, -0.2) is 9.59 Å². The van der Waals surface area contributed by atoms with Crippen molar-refractivity contribution < 1.29 is 24.2 Å². The predicted octanol–water partition coefficient (Wildman–Crippen LogP) is 2.75. The Bertz CT molecular complexity index is 249. The summed E-state index contributed by atoms with van der Waals surface area (Å²) in [5.74, 6) is -0.433. The Morgan fingerprint density at radius 1 is 1.35 bits per heavy atom. The molecule has 0 aromatic heterocycles. The molecule has 0 heterocycles. The first-order valence-corrected chi connectivity index (χ1v) is 5.79. The summed E-state index contributed by atoms with van der Waals surface area (Å²) in [7, 11) is 0. The van der Waals surface area contributed by atoms with E-state index in [1.165, 1.54) is 0 Å². The SMILES string of the molecule is C=CC(=O)OCCCCC(CCC)OC(=O)O. The number of hydrogen-bond donors (Lipinski definition) is 1. The summed E-state index contributed by atoms with van der Waals surface area (Å²) in [5.41, 5.74) is 0. The first kappa shape index (κ1) is 15.5. The van der Waals surface area contributed by atoms with Gasteiger partial charge in [-0.15, -0.1) is 0 Å². The van der Waals surface area contributed by atoms with Crippen LogP contribution in [0.15, 0.2) is 12.7 Å². The molecule has 0 aromatic carbocycles. The monoisotopic (exact) mass is 244 g/mol. The van der Waals surface area contributed by atoms with Crippen LogP contribution < -0.4 is 0 Å². The number of rotatable bonds is 9. The van der Waals surface area contributed by atoms with Crippen molar-refractivity contribution in [3.05, 3.63) is 12.7 Å². The number of esters is 1. The van der Waals surface area contributed by atoms with Gasteiger partial charge in [0.15, 0.2) is 0 Å². The largest absolute Gasteiger partial charge is 0.506 e. The van der Waals surface area contributed by atoms with Crippen LogP contribution in [0.2, 0.25) is 0 Å². The molecule has 0 aromatic rings. The van der Waals surface area contributed by atoms with Crippen molar-refractivity contribution in [3.63, 3.8) is 0 Å². The molecule has 0 fully saturated rings. The highest BCUT2D eigenvalue weighted by Gasteiger charge is 2.12. The van der Waals surface area contributed by atoms with Crippen LogP contribution in [-0.2, 0) is 14.3 Å². The number of carbonyl (C=O) groups is 2. The molecule has 0 saturated heterocycles. The van der Waals surface area contributed by atoms with Crippen molar-refractivity contribution in [1.29, 1.82) is 0 Å². The van der Waals surface area contributed by atoms with Crippen molar-refractivity contribution >= 4 is 12.1 Å². The van der Waals surface area contributed by atoms with Crippen LogP contribution in [-0.4, -0.2) is 29.9 Å². The third-order valence-corrected chi connectivity index (χ3v) is 2.21. The van der Waals surface area contributed by atoms with Gasteiger partial charge < -0.3 is 14.6 Å². The average Bonchev–Trinajstić information content (AvgIpc) is 2.27. The molecular weight excluding hydrogens is 224 g/mol. The highest BCUT2D eigenvalue weighted by molar-refractivity contribution is 5.81. The van der Waals surface area contributed by atoms with E-state index in [2.05, 4.69) is 6.58 Å². The second-order valence-electron chi connectivity index (χ2n) is 3.66. The molecular formula is C12H20O5. The van der Waals surface area contributed by atoms with E-state index in [0.29, 0.717) is 19.4 Å². The van der Waals surface area contributed by atoms with Crippen LogP contribution in [0.25, 0.3) is 0 Å². The third kappa shape index (κ3) is 9.41. The lowest BCUT2D eigenvalue weighted by molar-refractivity contribution is -0.137. The Morgan fingerprint density at radius 2 is 2.06 bits per heavy atom. The molecule has 0 radical (unpaired) electrons. The van der Waals surface area contributed by atoms with Gasteiger partial charge in [-0.05, 0) is 25.7 Å². The van der Waals surface area contributed by atoms with Crippen LogP contribution in [0, 0.1) is 0 Å². The van der Waals surface area contributed by atoms with Gasteiger partial charge in [0.2, 0.25) is 0 Å². The van der Waals surface area contributed by atoms with E-state index >= 15 is 0 Å². The second-order valence-corrected chi connectivity index (χ2v) is 3.66. The fraction of sp³-hybridized carbons (Fsp3) is 0.667. The van der Waals surface area contributed by atoms with E-state index in [9.17, 15) is 9.59 Å². The van der Waals surface area contributed by atoms with Gasteiger partial charge in [0.05, 0.1) is 6.61 Å². The molecule has 17 heavy (non-hydrogen) atoms. The molecule has 0 aliphatic carbocycles. The Labute approximate surface area is 101 Å². The molecule has 0 aliphatic rings. The fourth-order valence-electron chi connectivity index (χ4n) is 1.43. The molecule has 0 bridgehead atoms. The van der Waals surface area contributed by atoms with E-state index in [1.54, 1.807) is 0 Å². The minimum atomic E-state index is -1.23. The highest BCUT2D eigenvalue weighted by Crippen LogP contribution is 2.11. The maximum absolute atomic E-state index is 10.7. The van der Waals surface area contributed by atoms with Crippen LogP contribution >= 0.6 is 0 Å². The second kappa shape index (κ2) is 9.69. The maximum atomic E-state index is 10.7. The third-order valence-electron chi connectivity index (χ3n) is 2.21. The Balaban J connectivity index is 3.63. The average molecular weight is 244 g/mol. The summed E-state index contributed by atoms with van der Waals surface area (Å²) < 4.78 is 9.53. The zero-order chi connectivity index (χ0) is 13.1. The standard InChI is InChI=1S/C12H20O5/c1-3-7-10(17-12(14)15)8-5-6-9-16-11(13)4-2/h4,10H,2-3,5-9H2,1H3,(H,14,15). The minimum Gasteiger partial charge on any atom is -0.463 e. The van der Waals surface area contributed by atoms with E-state index in [0.717, 1.165) is 25.3 Å². The lowest BCUT2D eigenvalue weighted by Crippen LogP contribution is -2.16. The van der Waals surface area contributed by atoms with Gasteiger partial charge >= 0.3 is 12.1 Å². The van der Waals surface area contributed by atoms with Crippen molar-refractivity contribution in [2.45, 2.75) is 45.1 Å². The Kier molecular flexibility index (Phi) is 8.82. The van der Waals surface area contributed by atoms with Crippen molar-refractivity contribution in [2.24, 2.45) is 0 Å². The summed E-state index contributed by atoms with van der Waals surface area (Å²) in [6, 6.07) is 0. The molecule has 5 nitrogen and oxygen atoms in total. The first-order chi connectivity index (χ1) is 8.10. The summed E-state index contributed by atoms with van der Waals surface area (Å²) in [6.07, 6.45) is 3.35. The maximum Gasteiger partial charge on any atom is 0.506 e. The van der Waals surface area contributed by atoms with Gasteiger partial charge in [-0.1, -0.05) is 19.9 Å². The highest BCUT2D eigenvalue weighted by atomic mass is 16.7. The molecule has 1 atom stereocenters. The molecule has 0 amide bonds. The summed E-state index contributed by atoms with van der Waals surface area (Å²) in [5, 5.41) is 8.52. The predicted molar refractivity (Wildman–Crippen MR) is 62.8 cm³/mol. The zero-order valence-corrected chi connectivity index (χ0v) is 10.2. The minimum absolute atomic E-state index is 0.257. The van der Waals surface area contributed by atoms with Crippen LogP contribution in [0.1, 0.15) is 39.0 Å². The smallest absolute Gasteiger partial charge is 0.463 e. The lowest BCUT2D eigenvalue weighted by atomic mass is 10.1. The Hall–Kier alpha value is -1.52. The molecule has 1 N–H and O–H groups in total. The summed E-state index contributed by atoms with van der Waals surface area (Å²) in [6.45, 7) is 5.59. The van der Waals surface area contributed by atoms with Crippen LogP contribution in [0.4, 0.5) is 4.79 Å². The Morgan fingerprint density at radius 3 is 2.59 bits per heavy atom. The molecule has 1 unspecified atom stereocenters. The number of unbranched alkanes of at least 4 members (excludes halogenated alkanes) is 1. The fourth-order valence-corrected chi connectivity index (χ4v) is 1.43. The summed E-state index contributed by atoms with van der Waals surface area (Å²) in [4.78, 5) is 21.1. The van der Waals surface area contributed by atoms with E-state index in [4.69, 9.17) is 14.6 Å². The summed E-state index contributed by atoms with van der Waals surface area (Å²) >= 11 is 0. The van der Waals surface area contributed by atoms with Crippen LogP contribution in [0.5, 0.6) is 0 Å². The van der Waals surface area contributed by atoms with Gasteiger partial charge in [0.25, 0.3) is 0 Å². The number of hydrogen-bond acceptors (Lipinski definition) is 4. The first-order valence-electron chi connectivity index (χ1n) is 5.79. The van der Waals surface area contributed by atoms with Crippen molar-refractivity contribution in [1.82, 2.24) is 0 Å². The number of ether oxygens (including phenoxy) is 2. The quantitative estimate of drug-likeness (QED) is 0.383. The van der Waals surface area contributed by atoms with E-state index in [1.807, 2.05) is 6.92 Å². The topological polar surface area (TPSA) is 72.8 Å². The number of carboxylic acid groups (broad SMARTS) is 1. The lowest BCUT2D eigenvalue weighted by Gasteiger charge is -2.14. The van der Waals surface area contributed by atoms with Gasteiger partial charge in [-0.2, -0.15) is 0 Å². The molecule has 98 valence electrons. The molecule has 0 saturated carbocycles. The van der Waals surface area contributed by atoms with Gasteiger partial charge in [-0.3, -0.25) is 0 Å². The zero-order valence-electron chi connectivity index (χ0n) is 10.2. The normalized spacial score (nSPS) is 11.6. The van der Waals surface area contributed by atoms with Crippen molar-refractivity contribution in [3.8, 4) is 0 Å².